The van der Waals surface area contributed by atoms with Gasteiger partial charge in [0.2, 0.25) is 0 Å². The molecule has 2 atom stereocenters. The van der Waals surface area contributed by atoms with Gasteiger partial charge in [0, 0.05) is 6.04 Å². The molecule has 2 nitrogen and oxygen atoms in total. The standard InChI is InChI=1S/C18H31NO/c1-4-7-10-15(5-2)14-20-18-12-9-8-11-16(18)13-17(19)6-3/h8-9,11-12,15,17H,4-7,10,13-14,19H2,1-3H3. The molecule has 0 fully saturated rings. The number of hydrogen-bond acceptors (Lipinski definition) is 2. The van der Waals surface area contributed by atoms with Gasteiger partial charge < -0.3 is 10.5 Å². The Morgan fingerprint density at radius 3 is 2.50 bits per heavy atom. The van der Waals surface area contributed by atoms with Crippen LogP contribution in [0.3, 0.4) is 0 Å². The van der Waals surface area contributed by atoms with Gasteiger partial charge in [-0.25, -0.2) is 0 Å². The van der Waals surface area contributed by atoms with Crippen LogP contribution in [-0.4, -0.2) is 12.6 Å². The first kappa shape index (κ1) is 17.0. The molecule has 114 valence electrons. The van der Waals surface area contributed by atoms with Crippen molar-refractivity contribution in [3.05, 3.63) is 29.8 Å². The Kier molecular flexibility index (Phi) is 8.36. The number of hydrogen-bond donors (Lipinski definition) is 1. The lowest BCUT2D eigenvalue weighted by Gasteiger charge is -2.18. The van der Waals surface area contributed by atoms with Gasteiger partial charge in [0.05, 0.1) is 6.61 Å². The van der Waals surface area contributed by atoms with Crippen molar-refractivity contribution < 1.29 is 4.74 Å². The fourth-order valence-electron chi connectivity index (χ4n) is 2.35. The van der Waals surface area contributed by atoms with Gasteiger partial charge >= 0.3 is 0 Å². The van der Waals surface area contributed by atoms with Crippen LogP contribution in [0.5, 0.6) is 5.75 Å². The molecule has 0 spiro atoms. The zero-order valence-corrected chi connectivity index (χ0v) is 13.4. The Morgan fingerprint density at radius 2 is 1.85 bits per heavy atom. The van der Waals surface area contributed by atoms with E-state index in [9.17, 15) is 0 Å². The van der Waals surface area contributed by atoms with Crippen LogP contribution in [-0.2, 0) is 6.42 Å². The number of ether oxygens (including phenoxy) is 1. The van der Waals surface area contributed by atoms with Gasteiger partial charge in [-0.1, -0.05) is 58.2 Å². The van der Waals surface area contributed by atoms with Crippen LogP contribution < -0.4 is 10.5 Å². The summed E-state index contributed by atoms with van der Waals surface area (Å²) >= 11 is 0. The molecule has 0 heterocycles. The molecule has 1 aromatic carbocycles. The van der Waals surface area contributed by atoms with E-state index in [2.05, 4.69) is 39.0 Å². The van der Waals surface area contributed by atoms with Crippen LogP contribution in [0.25, 0.3) is 0 Å². The molecule has 0 aliphatic heterocycles. The van der Waals surface area contributed by atoms with E-state index in [1.54, 1.807) is 0 Å². The lowest BCUT2D eigenvalue weighted by atomic mass is 10.0. The summed E-state index contributed by atoms with van der Waals surface area (Å²) in [6.07, 6.45) is 6.92. The maximum Gasteiger partial charge on any atom is 0.122 e. The van der Waals surface area contributed by atoms with Crippen LogP contribution in [0.1, 0.15) is 58.4 Å². The highest BCUT2D eigenvalue weighted by Crippen LogP contribution is 2.22. The van der Waals surface area contributed by atoms with Crippen LogP contribution >= 0.6 is 0 Å². The second kappa shape index (κ2) is 9.82. The normalized spacial score (nSPS) is 14.0. The first-order valence-electron chi connectivity index (χ1n) is 8.17. The monoisotopic (exact) mass is 277 g/mol. The summed E-state index contributed by atoms with van der Waals surface area (Å²) < 4.78 is 6.08. The molecule has 1 aromatic rings. The molecule has 0 aliphatic carbocycles. The summed E-state index contributed by atoms with van der Waals surface area (Å²) in [5.41, 5.74) is 7.31. The van der Waals surface area contributed by atoms with E-state index in [1.807, 2.05) is 6.07 Å². The van der Waals surface area contributed by atoms with E-state index in [4.69, 9.17) is 10.5 Å². The second-order valence-corrected chi connectivity index (χ2v) is 5.71. The maximum atomic E-state index is 6.08. The predicted octanol–water partition coefficient (Wildman–Crippen LogP) is 4.56. The smallest absolute Gasteiger partial charge is 0.122 e. The lowest BCUT2D eigenvalue weighted by molar-refractivity contribution is 0.231. The molecule has 1 rings (SSSR count). The topological polar surface area (TPSA) is 35.2 Å². The highest BCUT2D eigenvalue weighted by molar-refractivity contribution is 5.33. The Bertz CT molecular complexity index is 364. The van der Waals surface area contributed by atoms with Crippen molar-refractivity contribution in [2.45, 2.75) is 65.3 Å². The largest absolute Gasteiger partial charge is 0.493 e. The maximum absolute atomic E-state index is 6.08. The highest BCUT2D eigenvalue weighted by atomic mass is 16.5. The molecule has 0 bridgehead atoms. The molecule has 2 heteroatoms. The lowest BCUT2D eigenvalue weighted by Crippen LogP contribution is -2.22. The van der Waals surface area contributed by atoms with Crippen molar-refractivity contribution in [2.24, 2.45) is 11.7 Å². The van der Waals surface area contributed by atoms with Crippen molar-refractivity contribution in [1.82, 2.24) is 0 Å². The molecule has 2 N–H and O–H groups in total. The molecule has 0 aliphatic rings. The molecular formula is C18H31NO. The molecule has 0 aromatic heterocycles. The van der Waals surface area contributed by atoms with Crippen LogP contribution in [0.2, 0.25) is 0 Å². The average Bonchev–Trinajstić information content (AvgIpc) is 2.48. The first-order valence-corrected chi connectivity index (χ1v) is 8.17. The van der Waals surface area contributed by atoms with Crippen LogP contribution in [0, 0.1) is 5.92 Å². The molecular weight excluding hydrogens is 246 g/mol. The van der Waals surface area contributed by atoms with E-state index in [1.165, 1.54) is 31.2 Å². The van der Waals surface area contributed by atoms with Crippen molar-refractivity contribution in [2.75, 3.05) is 6.61 Å². The first-order chi connectivity index (χ1) is 9.71. The number of benzene rings is 1. The SMILES string of the molecule is CCCCC(CC)COc1ccccc1CC(N)CC. The minimum atomic E-state index is 0.224. The molecule has 0 radical (unpaired) electrons. The summed E-state index contributed by atoms with van der Waals surface area (Å²) in [5, 5.41) is 0. The van der Waals surface area contributed by atoms with Gasteiger partial charge in [-0.05, 0) is 36.8 Å². The summed E-state index contributed by atoms with van der Waals surface area (Å²) in [4.78, 5) is 0. The minimum Gasteiger partial charge on any atom is -0.493 e. The van der Waals surface area contributed by atoms with Crippen LogP contribution in [0.4, 0.5) is 0 Å². The van der Waals surface area contributed by atoms with Gasteiger partial charge in [0.15, 0.2) is 0 Å². The van der Waals surface area contributed by atoms with E-state index in [0.29, 0.717) is 5.92 Å². The Balaban J connectivity index is 2.57. The third-order valence-electron chi connectivity index (χ3n) is 4.00. The van der Waals surface area contributed by atoms with Gasteiger partial charge in [0.25, 0.3) is 0 Å². The average molecular weight is 277 g/mol. The molecule has 20 heavy (non-hydrogen) atoms. The summed E-state index contributed by atoms with van der Waals surface area (Å²) in [5.74, 6) is 1.69. The number of unbranched alkanes of at least 4 members (excludes halogenated alkanes) is 1. The van der Waals surface area contributed by atoms with E-state index < -0.39 is 0 Å². The predicted molar refractivity (Wildman–Crippen MR) is 87.2 cm³/mol. The van der Waals surface area contributed by atoms with Crippen molar-refractivity contribution in [3.63, 3.8) is 0 Å². The second-order valence-electron chi connectivity index (χ2n) is 5.71. The highest BCUT2D eigenvalue weighted by Gasteiger charge is 2.10. The third kappa shape index (κ3) is 5.96. The van der Waals surface area contributed by atoms with Crippen molar-refractivity contribution in [3.8, 4) is 5.75 Å². The Labute approximate surface area is 124 Å². The fourth-order valence-corrected chi connectivity index (χ4v) is 2.35. The quantitative estimate of drug-likeness (QED) is 0.680. The zero-order valence-electron chi connectivity index (χ0n) is 13.4. The molecule has 0 saturated heterocycles. The van der Waals surface area contributed by atoms with Gasteiger partial charge in [-0.15, -0.1) is 0 Å². The zero-order chi connectivity index (χ0) is 14.8. The van der Waals surface area contributed by atoms with Crippen molar-refractivity contribution in [1.29, 1.82) is 0 Å². The molecule has 0 amide bonds. The third-order valence-corrected chi connectivity index (χ3v) is 4.00. The van der Waals surface area contributed by atoms with E-state index in [-0.39, 0.29) is 6.04 Å². The van der Waals surface area contributed by atoms with Crippen LogP contribution in [0.15, 0.2) is 24.3 Å². The Morgan fingerprint density at radius 1 is 1.10 bits per heavy atom. The van der Waals surface area contributed by atoms with Gasteiger partial charge in [-0.2, -0.15) is 0 Å². The van der Waals surface area contributed by atoms with Gasteiger partial charge in [-0.3, -0.25) is 0 Å². The molecule has 2 unspecified atom stereocenters. The van der Waals surface area contributed by atoms with E-state index in [0.717, 1.165) is 25.2 Å². The van der Waals surface area contributed by atoms with Gasteiger partial charge in [0.1, 0.15) is 5.75 Å². The van der Waals surface area contributed by atoms with E-state index >= 15 is 0 Å². The Hall–Kier alpha value is -1.02. The summed E-state index contributed by atoms with van der Waals surface area (Å²) in [6.45, 7) is 7.46. The minimum absolute atomic E-state index is 0.224. The fraction of sp³-hybridized carbons (Fsp3) is 0.667. The number of rotatable bonds is 10. The molecule has 0 saturated carbocycles. The number of para-hydroxylation sites is 1. The van der Waals surface area contributed by atoms with Crippen molar-refractivity contribution >= 4 is 0 Å². The number of nitrogens with two attached hydrogens (primary N) is 1. The summed E-state index contributed by atoms with van der Waals surface area (Å²) in [6, 6.07) is 8.55. The summed E-state index contributed by atoms with van der Waals surface area (Å²) in [7, 11) is 0.